The lowest BCUT2D eigenvalue weighted by atomic mass is 10.0. The Kier molecular flexibility index (Phi) is 6.41. The van der Waals surface area contributed by atoms with Crippen LogP contribution in [0.2, 0.25) is 0 Å². The Morgan fingerprint density at radius 3 is 2.52 bits per heavy atom. The molecule has 7 heteroatoms. The number of aryl methyl sites for hydroxylation is 2. The molecule has 1 N–H and O–H groups in total. The molecule has 0 fully saturated rings. The summed E-state index contributed by atoms with van der Waals surface area (Å²) >= 11 is 1.07. The van der Waals surface area contributed by atoms with Crippen molar-refractivity contribution in [3.05, 3.63) is 88.4 Å². The predicted molar refractivity (Wildman–Crippen MR) is 131 cm³/mol. The zero-order valence-electron chi connectivity index (χ0n) is 18.3. The molecule has 0 spiro atoms. The lowest BCUT2D eigenvalue weighted by molar-refractivity contribution is -0.140. The summed E-state index contributed by atoms with van der Waals surface area (Å²) in [6.45, 7) is 2.00. The Labute approximate surface area is 197 Å². The zero-order valence-corrected chi connectivity index (χ0v) is 19.9. The molecular formula is C26H23NO4S2. The Bertz CT molecular complexity index is 1480. The summed E-state index contributed by atoms with van der Waals surface area (Å²) in [5, 5.41) is 10.7. The van der Waals surface area contributed by atoms with Gasteiger partial charge in [0.2, 0.25) is 0 Å². The van der Waals surface area contributed by atoms with Gasteiger partial charge in [-0.05, 0) is 49.2 Å². The summed E-state index contributed by atoms with van der Waals surface area (Å²) < 4.78 is 28.1. The van der Waals surface area contributed by atoms with Crippen LogP contribution >= 0.6 is 11.3 Å². The van der Waals surface area contributed by atoms with Crippen molar-refractivity contribution in [1.29, 1.82) is 0 Å². The molecule has 0 unspecified atom stereocenters. The number of thiophene rings is 1. The summed E-state index contributed by atoms with van der Waals surface area (Å²) in [7, 11) is -1.88. The molecule has 4 rings (SSSR count). The van der Waals surface area contributed by atoms with E-state index in [0.717, 1.165) is 38.9 Å². The van der Waals surface area contributed by atoms with Crippen LogP contribution in [0.1, 0.15) is 21.6 Å². The van der Waals surface area contributed by atoms with Crippen molar-refractivity contribution in [2.75, 3.05) is 5.75 Å². The van der Waals surface area contributed by atoms with Gasteiger partial charge < -0.3 is 9.67 Å². The van der Waals surface area contributed by atoms with Gasteiger partial charge in [-0.2, -0.15) is 0 Å². The van der Waals surface area contributed by atoms with E-state index in [-0.39, 0.29) is 10.6 Å². The summed E-state index contributed by atoms with van der Waals surface area (Å²) in [5.41, 5.74) is 3.79. The van der Waals surface area contributed by atoms with Crippen LogP contribution in [0.5, 0.6) is 0 Å². The molecule has 0 aliphatic rings. The number of para-hydroxylation sites is 1. The molecule has 4 aromatic rings. The Balaban J connectivity index is 1.54. The first kappa shape index (κ1) is 22.8. The average molecular weight is 478 g/mol. The van der Waals surface area contributed by atoms with Crippen LogP contribution in [0, 0.1) is 24.7 Å². The molecular weight excluding hydrogens is 454 g/mol. The molecule has 2 heterocycles. The van der Waals surface area contributed by atoms with Gasteiger partial charge in [0, 0.05) is 29.7 Å². The van der Waals surface area contributed by atoms with Gasteiger partial charge in [-0.3, -0.25) is 4.79 Å². The number of aliphatic carboxylic acids is 1. The average Bonchev–Trinajstić information content (AvgIpc) is 3.39. The molecule has 1 atom stereocenters. The maximum atomic E-state index is 13.0. The third-order valence-corrected chi connectivity index (χ3v) is 8.88. The highest BCUT2D eigenvalue weighted by Crippen LogP contribution is 2.27. The molecule has 5 nitrogen and oxygen atoms in total. The van der Waals surface area contributed by atoms with Crippen molar-refractivity contribution in [2.24, 2.45) is 13.0 Å². The van der Waals surface area contributed by atoms with Gasteiger partial charge in [-0.1, -0.05) is 47.7 Å². The number of nitrogens with zero attached hydrogens (tertiary/aromatic N) is 1. The number of hydrogen-bond donors (Lipinski definition) is 1. The van der Waals surface area contributed by atoms with Gasteiger partial charge in [0.05, 0.1) is 16.5 Å². The topological polar surface area (TPSA) is 76.4 Å². The fourth-order valence-corrected chi connectivity index (χ4v) is 6.55. The highest BCUT2D eigenvalue weighted by molar-refractivity contribution is 7.93. The van der Waals surface area contributed by atoms with E-state index >= 15 is 0 Å². The van der Waals surface area contributed by atoms with Crippen LogP contribution in [0.4, 0.5) is 0 Å². The van der Waals surface area contributed by atoms with E-state index in [4.69, 9.17) is 0 Å². The first-order valence-electron chi connectivity index (χ1n) is 10.4. The molecule has 2 aromatic carbocycles. The van der Waals surface area contributed by atoms with Gasteiger partial charge in [0.15, 0.2) is 9.84 Å². The largest absolute Gasteiger partial charge is 0.481 e. The Morgan fingerprint density at radius 2 is 1.79 bits per heavy atom. The van der Waals surface area contributed by atoms with Crippen molar-refractivity contribution < 1.29 is 18.3 Å². The molecule has 0 saturated carbocycles. The van der Waals surface area contributed by atoms with Crippen molar-refractivity contribution in [3.63, 3.8) is 0 Å². The molecule has 0 aliphatic heterocycles. The first-order valence-corrected chi connectivity index (χ1v) is 12.9. The lowest BCUT2D eigenvalue weighted by Crippen LogP contribution is -2.25. The van der Waals surface area contributed by atoms with Gasteiger partial charge >= 0.3 is 5.97 Å². The third-order valence-electron chi connectivity index (χ3n) is 5.49. The minimum Gasteiger partial charge on any atom is -0.481 e. The first-order chi connectivity index (χ1) is 15.7. The Hall–Kier alpha value is -3.34. The van der Waals surface area contributed by atoms with Gasteiger partial charge in [-0.25, -0.2) is 8.42 Å². The standard InChI is InChI=1S/C26H23NO4S2/c1-18-7-9-19(10-8-18)11-12-22-13-14-25(32-22)33(30,31)17-21(26(28)29)15-20-16-27(2)24-6-4-3-5-23(20)24/h3-10,13-14,16,21H,15,17H2,1-2H3,(H,28,29)/t21-/m1/s1. The van der Waals surface area contributed by atoms with Crippen LogP contribution in [0.15, 0.2) is 71.1 Å². The molecule has 0 amide bonds. The van der Waals surface area contributed by atoms with Crippen LogP contribution in [-0.4, -0.2) is 29.8 Å². The maximum absolute atomic E-state index is 13.0. The third kappa shape index (κ3) is 5.19. The van der Waals surface area contributed by atoms with Crippen molar-refractivity contribution in [3.8, 4) is 11.8 Å². The van der Waals surface area contributed by atoms with E-state index in [0.29, 0.717) is 4.88 Å². The minimum atomic E-state index is -3.78. The molecule has 0 aliphatic carbocycles. The number of rotatable bonds is 6. The summed E-state index contributed by atoms with van der Waals surface area (Å²) in [4.78, 5) is 12.6. The molecule has 0 radical (unpaired) electrons. The molecule has 0 bridgehead atoms. The van der Waals surface area contributed by atoms with E-state index < -0.39 is 27.5 Å². The second-order valence-electron chi connectivity index (χ2n) is 8.04. The molecule has 33 heavy (non-hydrogen) atoms. The number of carboxylic acid groups (broad SMARTS) is 1. The summed E-state index contributed by atoms with van der Waals surface area (Å²) in [5.74, 6) is 3.39. The number of hydrogen-bond acceptors (Lipinski definition) is 4. The molecule has 0 saturated heterocycles. The number of aromatic nitrogens is 1. The summed E-state index contributed by atoms with van der Waals surface area (Å²) in [6, 6.07) is 18.6. The lowest BCUT2D eigenvalue weighted by Gasteiger charge is -2.11. The monoisotopic (exact) mass is 477 g/mol. The second kappa shape index (κ2) is 9.26. The fraction of sp³-hybridized carbons (Fsp3) is 0.192. The highest BCUT2D eigenvalue weighted by atomic mass is 32.2. The highest BCUT2D eigenvalue weighted by Gasteiger charge is 2.29. The van der Waals surface area contributed by atoms with E-state index in [2.05, 4.69) is 11.8 Å². The van der Waals surface area contributed by atoms with E-state index in [9.17, 15) is 18.3 Å². The number of carbonyl (C=O) groups is 1. The minimum absolute atomic E-state index is 0.139. The summed E-state index contributed by atoms with van der Waals surface area (Å²) in [6.07, 6.45) is 2.01. The fourth-order valence-electron chi connectivity index (χ4n) is 3.74. The quantitative estimate of drug-likeness (QED) is 0.410. The molecule has 2 aromatic heterocycles. The van der Waals surface area contributed by atoms with Gasteiger partial charge in [0.25, 0.3) is 0 Å². The van der Waals surface area contributed by atoms with E-state index in [1.807, 2.05) is 73.3 Å². The van der Waals surface area contributed by atoms with Crippen molar-refractivity contribution >= 4 is 38.0 Å². The zero-order chi connectivity index (χ0) is 23.6. The molecule has 168 valence electrons. The van der Waals surface area contributed by atoms with E-state index in [1.54, 1.807) is 6.07 Å². The predicted octanol–water partition coefficient (Wildman–Crippen LogP) is 4.67. The van der Waals surface area contributed by atoms with Crippen LogP contribution in [-0.2, 0) is 28.1 Å². The Morgan fingerprint density at radius 1 is 1.06 bits per heavy atom. The van der Waals surface area contributed by atoms with Crippen molar-refractivity contribution in [1.82, 2.24) is 4.57 Å². The van der Waals surface area contributed by atoms with E-state index in [1.165, 1.54) is 6.07 Å². The van der Waals surface area contributed by atoms with Gasteiger partial charge in [-0.15, -0.1) is 11.3 Å². The number of fused-ring (bicyclic) bond motifs is 1. The van der Waals surface area contributed by atoms with Gasteiger partial charge in [0.1, 0.15) is 4.21 Å². The van der Waals surface area contributed by atoms with Crippen LogP contribution in [0.25, 0.3) is 10.9 Å². The maximum Gasteiger partial charge on any atom is 0.307 e. The smallest absolute Gasteiger partial charge is 0.307 e. The normalized spacial score (nSPS) is 12.3. The number of sulfone groups is 1. The second-order valence-corrected chi connectivity index (χ2v) is 11.4. The number of carboxylic acids is 1. The van der Waals surface area contributed by atoms with Crippen LogP contribution < -0.4 is 0 Å². The van der Waals surface area contributed by atoms with Crippen LogP contribution in [0.3, 0.4) is 0 Å². The number of benzene rings is 2. The van der Waals surface area contributed by atoms with Crippen molar-refractivity contribution in [2.45, 2.75) is 17.6 Å². The SMILES string of the molecule is Cc1ccc(C#Cc2ccc(S(=O)(=O)C[C@@H](Cc3cn(C)c4ccccc34)C(=O)O)s2)cc1.